The molecule has 3 aromatic rings. The first kappa shape index (κ1) is 22.9. The molecule has 0 aliphatic rings. The standard InChI is InChI=1S/C19H10Cl7N3/c20-14-8-4-2-6-12(14)10-9-11-5-1-3-7-13(11)15-27-16(18(21,22)23)29-17(28-15)19(24,25)26/h1-10H. The fourth-order valence-electron chi connectivity index (χ4n) is 2.39. The van der Waals surface area contributed by atoms with Gasteiger partial charge < -0.3 is 0 Å². The van der Waals surface area contributed by atoms with Crippen molar-refractivity contribution in [2.75, 3.05) is 0 Å². The second-order valence-electron chi connectivity index (χ2n) is 5.74. The van der Waals surface area contributed by atoms with E-state index < -0.39 is 7.59 Å². The lowest BCUT2D eigenvalue weighted by Crippen LogP contribution is -2.17. The summed E-state index contributed by atoms with van der Waals surface area (Å²) < 4.78 is -3.85. The highest BCUT2D eigenvalue weighted by Gasteiger charge is 2.34. The first-order valence-corrected chi connectivity index (χ1v) is 10.6. The lowest BCUT2D eigenvalue weighted by molar-refractivity contribution is 0.851. The highest BCUT2D eigenvalue weighted by Crippen LogP contribution is 2.41. The van der Waals surface area contributed by atoms with Crippen LogP contribution in [0.25, 0.3) is 23.5 Å². The molecule has 3 nitrogen and oxygen atoms in total. The maximum Gasteiger partial charge on any atom is 0.250 e. The molecule has 3 rings (SSSR count). The molecule has 0 aliphatic carbocycles. The summed E-state index contributed by atoms with van der Waals surface area (Å²) in [6, 6.07) is 14.8. The van der Waals surface area contributed by atoms with E-state index in [1.165, 1.54) is 0 Å². The minimum Gasteiger partial charge on any atom is -0.209 e. The maximum atomic E-state index is 6.22. The molecule has 29 heavy (non-hydrogen) atoms. The third-order valence-electron chi connectivity index (χ3n) is 3.69. The average molecular weight is 528 g/mol. The molecule has 0 radical (unpaired) electrons. The summed E-state index contributed by atoms with van der Waals surface area (Å²) in [6.45, 7) is 0. The number of hydrogen-bond donors (Lipinski definition) is 0. The van der Waals surface area contributed by atoms with Gasteiger partial charge in [0, 0.05) is 10.6 Å². The van der Waals surface area contributed by atoms with Crippen LogP contribution >= 0.6 is 81.2 Å². The van der Waals surface area contributed by atoms with Crippen molar-refractivity contribution < 1.29 is 0 Å². The second kappa shape index (κ2) is 9.15. The van der Waals surface area contributed by atoms with Crippen LogP contribution in [0.3, 0.4) is 0 Å². The van der Waals surface area contributed by atoms with Gasteiger partial charge in [-0.2, -0.15) is 0 Å². The van der Waals surface area contributed by atoms with Gasteiger partial charge in [-0.05, 0) is 17.2 Å². The lowest BCUT2D eigenvalue weighted by Gasteiger charge is -2.16. The van der Waals surface area contributed by atoms with Crippen LogP contribution in [0, 0.1) is 0 Å². The van der Waals surface area contributed by atoms with Gasteiger partial charge in [-0.3, -0.25) is 0 Å². The van der Waals surface area contributed by atoms with Crippen LogP contribution in [0.4, 0.5) is 0 Å². The first-order chi connectivity index (χ1) is 13.6. The van der Waals surface area contributed by atoms with Crippen LogP contribution < -0.4 is 0 Å². The molecule has 0 saturated heterocycles. The Hall–Kier alpha value is -0.780. The van der Waals surface area contributed by atoms with Crippen molar-refractivity contribution in [2.45, 2.75) is 7.59 Å². The summed E-state index contributed by atoms with van der Waals surface area (Å²) in [5.74, 6) is -0.112. The van der Waals surface area contributed by atoms with Crippen molar-refractivity contribution in [3.63, 3.8) is 0 Å². The number of aromatic nitrogens is 3. The second-order valence-corrected chi connectivity index (χ2v) is 10.7. The zero-order valence-electron chi connectivity index (χ0n) is 14.3. The van der Waals surface area contributed by atoms with Gasteiger partial charge in [0.05, 0.1) is 0 Å². The van der Waals surface area contributed by atoms with E-state index in [1.54, 1.807) is 12.1 Å². The highest BCUT2D eigenvalue weighted by molar-refractivity contribution is 6.67. The van der Waals surface area contributed by atoms with Gasteiger partial charge in [0.15, 0.2) is 17.5 Å². The molecule has 1 aromatic heterocycles. The molecule has 1 heterocycles. The van der Waals surface area contributed by atoms with Crippen LogP contribution in [0.2, 0.25) is 5.02 Å². The summed E-state index contributed by atoms with van der Waals surface area (Å²) in [7, 11) is 0. The normalized spacial score (nSPS) is 12.5. The number of nitrogens with zero attached hydrogens (tertiary/aromatic N) is 3. The van der Waals surface area contributed by atoms with Crippen molar-refractivity contribution in [3.8, 4) is 11.4 Å². The quantitative estimate of drug-likeness (QED) is 0.255. The summed E-state index contributed by atoms with van der Waals surface area (Å²) in [5.41, 5.74) is 2.26. The maximum absolute atomic E-state index is 6.22. The van der Waals surface area contributed by atoms with Crippen LogP contribution in [-0.4, -0.2) is 15.0 Å². The van der Waals surface area contributed by atoms with Crippen LogP contribution in [0.1, 0.15) is 22.8 Å². The monoisotopic (exact) mass is 525 g/mol. The van der Waals surface area contributed by atoms with Crippen molar-refractivity contribution in [2.24, 2.45) is 0 Å². The van der Waals surface area contributed by atoms with E-state index in [0.717, 1.165) is 11.1 Å². The Labute approximate surface area is 202 Å². The first-order valence-electron chi connectivity index (χ1n) is 7.98. The third-order valence-corrected chi connectivity index (χ3v) is 5.05. The van der Waals surface area contributed by atoms with Crippen molar-refractivity contribution >= 4 is 93.4 Å². The highest BCUT2D eigenvalue weighted by atomic mass is 35.6. The number of halogens is 7. The predicted octanol–water partition coefficient (Wildman–Crippen LogP) is 8.02. The van der Waals surface area contributed by atoms with Crippen LogP contribution in [0.15, 0.2) is 48.5 Å². The van der Waals surface area contributed by atoms with Gasteiger partial charge in [0.1, 0.15) is 0 Å². The van der Waals surface area contributed by atoms with E-state index in [1.807, 2.05) is 48.6 Å². The zero-order chi connectivity index (χ0) is 21.2. The van der Waals surface area contributed by atoms with E-state index in [0.29, 0.717) is 10.6 Å². The molecule has 10 heteroatoms. The minimum atomic E-state index is -1.93. The number of benzene rings is 2. The van der Waals surface area contributed by atoms with E-state index in [-0.39, 0.29) is 17.5 Å². The average Bonchev–Trinajstić information content (AvgIpc) is 2.66. The predicted molar refractivity (Wildman–Crippen MR) is 124 cm³/mol. The molecule has 0 aliphatic heterocycles. The number of alkyl halides is 6. The Bertz CT molecular complexity index is 1020. The lowest BCUT2D eigenvalue weighted by atomic mass is 10.0. The molecule has 0 saturated carbocycles. The molecule has 0 amide bonds. The molecule has 2 aromatic carbocycles. The molecule has 0 bridgehead atoms. The van der Waals surface area contributed by atoms with E-state index >= 15 is 0 Å². The number of hydrogen-bond acceptors (Lipinski definition) is 3. The number of rotatable bonds is 3. The van der Waals surface area contributed by atoms with Crippen molar-refractivity contribution in [1.82, 2.24) is 15.0 Å². The molecular formula is C19H10Cl7N3. The van der Waals surface area contributed by atoms with Crippen LogP contribution in [-0.2, 0) is 7.59 Å². The Morgan fingerprint density at radius 3 is 1.66 bits per heavy atom. The third kappa shape index (κ3) is 5.89. The van der Waals surface area contributed by atoms with Gasteiger partial charge in [-0.25, -0.2) is 15.0 Å². The Balaban J connectivity index is 2.13. The van der Waals surface area contributed by atoms with Gasteiger partial charge in [-0.15, -0.1) is 0 Å². The summed E-state index contributed by atoms with van der Waals surface area (Å²) in [6.07, 6.45) is 3.73. The molecule has 0 N–H and O–H groups in total. The molecule has 0 fully saturated rings. The van der Waals surface area contributed by atoms with Gasteiger partial charge in [0.2, 0.25) is 7.59 Å². The molecule has 0 unspecified atom stereocenters. The van der Waals surface area contributed by atoms with Crippen molar-refractivity contribution in [3.05, 3.63) is 76.3 Å². The fraction of sp³-hybridized carbons (Fsp3) is 0.105. The summed E-state index contributed by atoms with van der Waals surface area (Å²) >= 11 is 42.0. The molecule has 0 atom stereocenters. The minimum absolute atomic E-state index is 0.154. The fourth-order valence-corrected chi connectivity index (χ4v) is 3.09. The van der Waals surface area contributed by atoms with Gasteiger partial charge in [0.25, 0.3) is 0 Å². The van der Waals surface area contributed by atoms with Gasteiger partial charge in [-0.1, -0.05) is 136 Å². The van der Waals surface area contributed by atoms with Crippen LogP contribution in [0.5, 0.6) is 0 Å². The zero-order valence-corrected chi connectivity index (χ0v) is 19.6. The Morgan fingerprint density at radius 2 is 1.10 bits per heavy atom. The van der Waals surface area contributed by atoms with E-state index in [9.17, 15) is 0 Å². The van der Waals surface area contributed by atoms with Crippen molar-refractivity contribution in [1.29, 1.82) is 0 Å². The Morgan fingerprint density at radius 1 is 0.621 bits per heavy atom. The Kier molecular flexibility index (Phi) is 7.23. The molecule has 0 spiro atoms. The summed E-state index contributed by atoms with van der Waals surface area (Å²) in [4.78, 5) is 12.5. The largest absolute Gasteiger partial charge is 0.250 e. The topological polar surface area (TPSA) is 38.7 Å². The molecule has 150 valence electrons. The summed E-state index contributed by atoms with van der Waals surface area (Å²) in [5, 5.41) is 0.623. The SMILES string of the molecule is Clc1ccccc1C=Cc1ccccc1-c1nc(C(Cl)(Cl)Cl)nc(C(Cl)(Cl)Cl)n1. The van der Waals surface area contributed by atoms with Gasteiger partial charge >= 0.3 is 0 Å². The van der Waals surface area contributed by atoms with E-state index in [2.05, 4.69) is 15.0 Å². The smallest absolute Gasteiger partial charge is 0.209 e. The molecular weight excluding hydrogens is 518 g/mol. The van der Waals surface area contributed by atoms with E-state index in [4.69, 9.17) is 81.2 Å².